The topological polar surface area (TPSA) is 70.0 Å². The molecule has 0 fully saturated rings. The van der Waals surface area contributed by atoms with Gasteiger partial charge in [0.1, 0.15) is 16.7 Å². The highest BCUT2D eigenvalue weighted by Crippen LogP contribution is 2.41. The molecule has 0 N–H and O–H groups in total. The maximum Gasteiger partial charge on any atom is 0.102 e. The minimum atomic E-state index is -0.189. The third-order valence-corrected chi connectivity index (χ3v) is 5.79. The second-order valence-electron chi connectivity index (χ2n) is 7.52. The average Bonchev–Trinajstić information content (AvgIpc) is 2.78. The van der Waals surface area contributed by atoms with Crippen LogP contribution in [0.15, 0.2) is 36.4 Å². The normalized spacial score (nSPS) is 14.3. The van der Waals surface area contributed by atoms with Gasteiger partial charge in [0.25, 0.3) is 0 Å². The molecule has 30 heavy (non-hydrogen) atoms. The molecule has 2 unspecified atom stereocenters. The first-order valence-corrected chi connectivity index (χ1v) is 10.5. The predicted octanol–water partition coefficient (Wildman–Crippen LogP) is 5.51. The summed E-state index contributed by atoms with van der Waals surface area (Å²) in [7, 11) is 0. The van der Waals surface area contributed by atoms with Crippen LogP contribution in [-0.2, 0) is 9.47 Å². The fourth-order valence-corrected chi connectivity index (χ4v) is 4.47. The van der Waals surface area contributed by atoms with E-state index in [1.165, 1.54) is 0 Å². The number of fused-ring (bicyclic) bond motifs is 2. The van der Waals surface area contributed by atoms with Crippen molar-refractivity contribution in [2.75, 3.05) is 13.2 Å². The van der Waals surface area contributed by atoms with E-state index in [2.05, 4.69) is 44.7 Å². The van der Waals surface area contributed by atoms with E-state index in [4.69, 9.17) is 9.47 Å². The van der Waals surface area contributed by atoms with Crippen LogP contribution < -0.4 is 0 Å². The first-order chi connectivity index (χ1) is 14.7. The Balaban J connectivity index is 1.96. The van der Waals surface area contributed by atoms with Gasteiger partial charge in [0.15, 0.2) is 0 Å². The molecule has 6 aromatic rings. The summed E-state index contributed by atoms with van der Waals surface area (Å²) >= 11 is 0. The maximum absolute atomic E-state index is 5.92. The second kappa shape index (κ2) is 7.38. The third kappa shape index (κ3) is 2.71. The van der Waals surface area contributed by atoms with Crippen molar-refractivity contribution in [3.8, 4) is 0 Å². The molecule has 0 aliphatic rings. The molecule has 0 radical (unpaired) electrons. The van der Waals surface area contributed by atoms with Gasteiger partial charge in [-0.25, -0.2) is 0 Å². The molecule has 0 amide bonds. The molecule has 6 nitrogen and oxygen atoms in total. The van der Waals surface area contributed by atoms with Crippen molar-refractivity contribution < 1.29 is 9.47 Å². The molecular formula is C24H24N4O2. The van der Waals surface area contributed by atoms with Gasteiger partial charge in [-0.3, -0.25) is 0 Å². The van der Waals surface area contributed by atoms with Gasteiger partial charge in [-0.15, -0.1) is 10.2 Å². The lowest BCUT2D eigenvalue weighted by Gasteiger charge is -2.20. The van der Waals surface area contributed by atoms with Gasteiger partial charge in [-0.05, 0) is 27.7 Å². The largest absolute Gasteiger partial charge is 0.372 e. The Morgan fingerprint density at radius 2 is 1.20 bits per heavy atom. The van der Waals surface area contributed by atoms with Gasteiger partial charge in [-0.1, -0.05) is 36.4 Å². The van der Waals surface area contributed by atoms with E-state index in [9.17, 15) is 0 Å². The van der Waals surface area contributed by atoms with Crippen molar-refractivity contribution in [1.29, 1.82) is 0 Å². The number of rotatable bonds is 6. The SMILES string of the molecule is CCOC(C)c1nnc(C(C)OCC)c2c1ccc1c3nnc(c4ccccc43)c12. The van der Waals surface area contributed by atoms with Crippen LogP contribution in [0.2, 0.25) is 0 Å². The molecule has 0 spiro atoms. The van der Waals surface area contributed by atoms with E-state index in [0.29, 0.717) is 13.2 Å². The Bertz CT molecular complexity index is 1370. The van der Waals surface area contributed by atoms with Crippen LogP contribution in [0.4, 0.5) is 0 Å². The summed E-state index contributed by atoms with van der Waals surface area (Å²) in [6.07, 6.45) is -0.349. The molecule has 3 heterocycles. The fourth-order valence-electron chi connectivity index (χ4n) is 4.47. The van der Waals surface area contributed by atoms with Gasteiger partial charge in [-0.2, -0.15) is 10.2 Å². The number of nitrogens with zero attached hydrogens (tertiary/aromatic N) is 4. The number of aromatic nitrogens is 4. The summed E-state index contributed by atoms with van der Waals surface area (Å²) < 4.78 is 11.8. The number of benzene rings is 3. The van der Waals surface area contributed by atoms with Crippen molar-refractivity contribution in [3.05, 3.63) is 47.8 Å². The summed E-state index contributed by atoms with van der Waals surface area (Å²) in [6, 6.07) is 12.5. The van der Waals surface area contributed by atoms with E-state index in [-0.39, 0.29) is 12.2 Å². The fraction of sp³-hybridized carbons (Fsp3) is 0.333. The molecule has 6 rings (SSSR count). The highest BCUT2D eigenvalue weighted by atomic mass is 16.5. The summed E-state index contributed by atoms with van der Waals surface area (Å²) in [5.74, 6) is 0. The lowest BCUT2D eigenvalue weighted by molar-refractivity contribution is 0.0697. The minimum absolute atomic E-state index is 0.160. The van der Waals surface area contributed by atoms with E-state index < -0.39 is 0 Å². The number of ether oxygens (including phenoxy) is 2. The summed E-state index contributed by atoms with van der Waals surface area (Å²) in [5.41, 5.74) is 3.45. The van der Waals surface area contributed by atoms with E-state index in [0.717, 1.165) is 54.7 Å². The van der Waals surface area contributed by atoms with Crippen LogP contribution >= 0.6 is 0 Å². The van der Waals surface area contributed by atoms with E-state index >= 15 is 0 Å². The van der Waals surface area contributed by atoms with Crippen LogP contribution in [0.5, 0.6) is 0 Å². The highest BCUT2D eigenvalue weighted by molar-refractivity contribution is 6.30. The van der Waals surface area contributed by atoms with Crippen molar-refractivity contribution >= 4 is 43.4 Å². The van der Waals surface area contributed by atoms with Crippen molar-refractivity contribution in [3.63, 3.8) is 0 Å². The lowest BCUT2D eigenvalue weighted by Crippen LogP contribution is -2.10. The Morgan fingerprint density at radius 1 is 0.633 bits per heavy atom. The van der Waals surface area contributed by atoms with Crippen molar-refractivity contribution in [2.24, 2.45) is 0 Å². The lowest BCUT2D eigenvalue weighted by atomic mass is 9.93. The Labute approximate surface area is 174 Å². The number of hydrogen-bond donors (Lipinski definition) is 0. The molecule has 0 saturated heterocycles. The Hall–Kier alpha value is -2.96. The van der Waals surface area contributed by atoms with Crippen LogP contribution in [0.3, 0.4) is 0 Å². The van der Waals surface area contributed by atoms with Gasteiger partial charge in [0, 0.05) is 45.5 Å². The second-order valence-corrected chi connectivity index (χ2v) is 7.52. The van der Waals surface area contributed by atoms with E-state index in [1.54, 1.807) is 0 Å². The standard InChI is InChI=1S/C24H24N4O2/c1-5-29-13(3)21-17-11-12-18-20(19(17)22(26-25-21)14(4)30-6-2)24-16-10-8-7-9-15(16)23(18)27-28-24/h7-14H,5-6H2,1-4H3. The molecule has 0 saturated carbocycles. The van der Waals surface area contributed by atoms with Crippen LogP contribution in [-0.4, -0.2) is 33.6 Å². The molecule has 6 heteroatoms. The van der Waals surface area contributed by atoms with Crippen LogP contribution in [0.1, 0.15) is 51.3 Å². The zero-order valence-electron chi connectivity index (χ0n) is 17.6. The Morgan fingerprint density at radius 3 is 1.90 bits per heavy atom. The molecular weight excluding hydrogens is 376 g/mol. The molecule has 2 bridgehead atoms. The van der Waals surface area contributed by atoms with Gasteiger partial charge >= 0.3 is 0 Å². The first kappa shape index (κ1) is 19.0. The van der Waals surface area contributed by atoms with Crippen LogP contribution in [0, 0.1) is 0 Å². The average molecular weight is 400 g/mol. The number of hydrogen-bond acceptors (Lipinski definition) is 6. The molecule has 2 atom stereocenters. The zero-order chi connectivity index (χ0) is 20.8. The van der Waals surface area contributed by atoms with Crippen LogP contribution in [0.25, 0.3) is 43.4 Å². The monoisotopic (exact) mass is 400 g/mol. The third-order valence-electron chi connectivity index (χ3n) is 5.79. The van der Waals surface area contributed by atoms with Crippen molar-refractivity contribution in [1.82, 2.24) is 20.4 Å². The summed E-state index contributed by atoms with van der Waals surface area (Å²) in [4.78, 5) is 0. The molecule has 3 aromatic heterocycles. The quantitative estimate of drug-likeness (QED) is 0.276. The van der Waals surface area contributed by atoms with Crippen molar-refractivity contribution in [2.45, 2.75) is 39.9 Å². The maximum atomic E-state index is 5.92. The Kier molecular flexibility index (Phi) is 4.68. The summed E-state index contributed by atoms with van der Waals surface area (Å²) in [6.45, 7) is 9.23. The molecule has 3 aromatic carbocycles. The first-order valence-electron chi connectivity index (χ1n) is 10.5. The zero-order valence-corrected chi connectivity index (χ0v) is 17.6. The van der Waals surface area contributed by atoms with Gasteiger partial charge in [0.2, 0.25) is 0 Å². The molecule has 0 aliphatic carbocycles. The smallest absolute Gasteiger partial charge is 0.102 e. The molecule has 0 aliphatic heterocycles. The highest BCUT2D eigenvalue weighted by Gasteiger charge is 2.24. The molecule has 152 valence electrons. The minimum Gasteiger partial charge on any atom is -0.372 e. The van der Waals surface area contributed by atoms with Gasteiger partial charge < -0.3 is 9.47 Å². The van der Waals surface area contributed by atoms with Gasteiger partial charge in [0.05, 0.1) is 17.9 Å². The van der Waals surface area contributed by atoms with E-state index in [1.807, 2.05) is 39.8 Å². The summed E-state index contributed by atoms with van der Waals surface area (Å²) in [5, 5.41) is 24.7. The predicted molar refractivity (Wildman–Crippen MR) is 119 cm³/mol.